The smallest absolute Gasteiger partial charge is 0.223 e. The van der Waals surface area contributed by atoms with E-state index in [0.717, 1.165) is 84.1 Å². The van der Waals surface area contributed by atoms with Gasteiger partial charge in [-0.3, -0.25) is 0 Å². The van der Waals surface area contributed by atoms with Crippen LogP contribution >= 0.6 is 0 Å². The van der Waals surface area contributed by atoms with Gasteiger partial charge < -0.3 is 49.0 Å². The van der Waals surface area contributed by atoms with Gasteiger partial charge in [-0.15, -0.1) is 0 Å². The Morgan fingerprint density at radius 2 is 0.652 bits per heavy atom. The molecule has 10 aromatic carbocycles. The van der Waals surface area contributed by atoms with Gasteiger partial charge in [0.25, 0.3) is 0 Å². The maximum absolute atomic E-state index is 7.81. The summed E-state index contributed by atoms with van der Waals surface area (Å²) >= 11 is 0. The number of rotatable bonds is 10. The molecule has 16 nitrogen and oxygen atoms in total. The predicted molar refractivity (Wildman–Crippen MR) is 549 cm³/mol. The van der Waals surface area contributed by atoms with E-state index in [1.54, 1.807) is 12.4 Å². The summed E-state index contributed by atoms with van der Waals surface area (Å²) < 4.78 is 58.0. The number of hydrogen-bond donors (Lipinski definition) is 0. The maximum atomic E-state index is 7.81. The second-order valence-corrected chi connectivity index (χ2v) is 36.9. The monoisotopic (exact) mass is 1750 g/mol. The molecule has 0 radical (unpaired) electrons. The highest BCUT2D eigenvalue weighted by atomic mass is 15.4. The van der Waals surface area contributed by atoms with E-state index >= 15 is 0 Å². The quantitative estimate of drug-likeness (QED) is 0.0978. The molecule has 5 aliphatic rings. The highest BCUT2D eigenvalue weighted by Crippen LogP contribution is 2.42. The van der Waals surface area contributed by atoms with Crippen molar-refractivity contribution < 1.29 is 31.1 Å². The molecular weight excluding hydrogens is 1620 g/mol. The molecule has 5 aromatic heterocycles. The van der Waals surface area contributed by atoms with Crippen molar-refractivity contribution in [2.75, 3.05) is 59.6 Å². The molecule has 0 N–H and O–H groups in total. The lowest BCUT2D eigenvalue weighted by atomic mass is 9.85. The summed E-state index contributed by atoms with van der Waals surface area (Å²) in [7, 11) is 6.32. The molecule has 0 bridgehead atoms. The van der Waals surface area contributed by atoms with Crippen molar-refractivity contribution >= 4 is 88.0 Å². The van der Waals surface area contributed by atoms with Gasteiger partial charge in [0.15, 0.2) is 65.1 Å². The summed E-state index contributed by atoms with van der Waals surface area (Å²) in [6, 6.07) is 78.8. The Morgan fingerprint density at radius 1 is 0.303 bits per heavy atom. The van der Waals surface area contributed by atoms with Crippen LogP contribution in [0.3, 0.4) is 0 Å². The van der Waals surface area contributed by atoms with Crippen molar-refractivity contribution in [2.24, 2.45) is 0 Å². The second kappa shape index (κ2) is 37.5. The van der Waals surface area contributed by atoms with E-state index in [-0.39, 0.29) is 23.9 Å². The summed E-state index contributed by atoms with van der Waals surface area (Å²) in [6.45, 7) is 44.3. The minimum atomic E-state index is -2.17. The Morgan fingerprint density at radius 3 is 1.08 bits per heavy atom. The first kappa shape index (κ1) is 83.1. The van der Waals surface area contributed by atoms with Crippen LogP contribution in [0.4, 0.5) is 34.1 Å². The molecule has 668 valence electrons. The van der Waals surface area contributed by atoms with Gasteiger partial charge in [-0.05, 0) is 168 Å². The number of benzene rings is 10. The fraction of sp³-hybridized carbons (Fsp3) is 0.259. The van der Waals surface area contributed by atoms with Crippen LogP contribution in [0, 0.1) is 82.7 Å². The topological polar surface area (TPSA) is 56.2 Å². The maximum Gasteiger partial charge on any atom is 0.223 e. The van der Waals surface area contributed by atoms with E-state index in [4.69, 9.17) is 14.8 Å². The number of anilines is 5. The largest absolute Gasteiger partial charge is 0.359 e. The summed E-state index contributed by atoms with van der Waals surface area (Å²) in [5.74, 6) is 0. The molecular formula is C116H129N16+5. The zero-order chi connectivity index (χ0) is 98.6. The van der Waals surface area contributed by atoms with Crippen LogP contribution in [0.5, 0.6) is 0 Å². The highest BCUT2D eigenvalue weighted by Gasteiger charge is 2.35. The molecule has 0 saturated carbocycles. The third kappa shape index (κ3) is 17.8. The van der Waals surface area contributed by atoms with Gasteiger partial charge in [-0.25, -0.2) is 4.85 Å². The third-order valence-electron chi connectivity index (χ3n) is 27.2. The predicted octanol–water partition coefficient (Wildman–Crippen LogP) is 23.7. The SMILES string of the molecule is Cc1c(N2C=CN(C)[C@H]2C)cc(C(C)(C)C)cc1-[n+]1cc2ccccc2cc1C.Cc1cc(N2C=CN(C)[C@H]2C)c(C)c(-[n+]2cc3ccccc3cc2C)c1.[2H]C([2H])([2H])N1C=CN(c2c(C)c(-[n+]3ccccc3C)cc3ccccc23)[C@@H]1C.[2H]C([2H])([2H])N1C=CN(c2cc3ccccc3c(-[n+]3ccccc3C)c2C)[C@@H]1C.[C-]#[N+]c1cc(N2C=CN(C)[C@H]2C)c(C)c(-[n+]2cc3ccccc3cc2C)c1. The second-order valence-electron chi connectivity index (χ2n) is 36.9. The average molecular weight is 1750 g/mol. The molecule has 5 atom stereocenters. The third-order valence-corrected chi connectivity index (χ3v) is 27.2. The molecule has 0 spiro atoms. The number of nitrogens with zero attached hydrogens (tertiary/aromatic N) is 16. The van der Waals surface area contributed by atoms with Crippen LogP contribution in [0.2, 0.25) is 0 Å². The fourth-order valence-corrected chi connectivity index (χ4v) is 18.8. The van der Waals surface area contributed by atoms with E-state index < -0.39 is 14.0 Å². The lowest BCUT2D eigenvalue weighted by molar-refractivity contribution is -0.603. The van der Waals surface area contributed by atoms with E-state index in [1.165, 1.54) is 104 Å². The molecule has 16 heteroatoms. The molecule has 15 aromatic rings. The van der Waals surface area contributed by atoms with Crippen molar-refractivity contribution in [3.63, 3.8) is 0 Å². The van der Waals surface area contributed by atoms with Gasteiger partial charge in [0.05, 0.1) is 34.7 Å². The molecule has 0 amide bonds. The molecule has 10 heterocycles. The van der Waals surface area contributed by atoms with Crippen LogP contribution < -0.4 is 47.3 Å². The summed E-state index contributed by atoms with van der Waals surface area (Å²) in [4.78, 5) is 24.3. The highest BCUT2D eigenvalue weighted by molar-refractivity contribution is 5.99. The number of aromatic nitrogens is 5. The van der Waals surface area contributed by atoms with Gasteiger partial charge in [0.2, 0.25) is 28.4 Å². The van der Waals surface area contributed by atoms with Gasteiger partial charge in [0, 0.05) is 262 Å². The number of fused-ring (bicyclic) bond motifs is 5. The minimum absolute atomic E-state index is 0.0705. The van der Waals surface area contributed by atoms with Crippen LogP contribution in [0.15, 0.2) is 317 Å². The zero-order valence-electron chi connectivity index (χ0n) is 86.6. The van der Waals surface area contributed by atoms with Crippen molar-refractivity contribution in [3.05, 3.63) is 396 Å². The number of aryl methyl sites for hydroxylation is 6. The molecule has 132 heavy (non-hydrogen) atoms. The lowest BCUT2D eigenvalue weighted by Crippen LogP contribution is -2.38. The van der Waals surface area contributed by atoms with Gasteiger partial charge in [0.1, 0.15) is 30.8 Å². The van der Waals surface area contributed by atoms with Crippen molar-refractivity contribution in [3.8, 4) is 28.4 Å². The number of pyridine rings is 5. The van der Waals surface area contributed by atoms with E-state index in [9.17, 15) is 0 Å². The fourth-order valence-electron chi connectivity index (χ4n) is 18.8. The summed E-state index contributed by atoms with van der Waals surface area (Å²) in [5, 5.41) is 12.0. The number of hydrogen-bond acceptors (Lipinski definition) is 10. The Hall–Kier alpha value is -14.6. The summed E-state index contributed by atoms with van der Waals surface area (Å²) in [5.41, 5.74) is 26.7. The minimum Gasteiger partial charge on any atom is -0.359 e. The van der Waals surface area contributed by atoms with Gasteiger partial charge in [-0.1, -0.05) is 130 Å². The molecule has 20 rings (SSSR count). The first-order valence-corrected chi connectivity index (χ1v) is 45.8. The average Bonchev–Trinajstić information content (AvgIpc) is 1.47. The normalized spacial score (nSPS) is 17.6. The Labute approximate surface area is 791 Å². The van der Waals surface area contributed by atoms with Crippen LogP contribution in [-0.4, -0.2) is 90.4 Å². The molecule has 5 aliphatic heterocycles. The van der Waals surface area contributed by atoms with Crippen LogP contribution in [0.25, 0.3) is 87.1 Å². The van der Waals surface area contributed by atoms with Crippen LogP contribution in [-0.2, 0) is 5.41 Å². The van der Waals surface area contributed by atoms with Crippen LogP contribution in [0.1, 0.15) is 131 Å². The zero-order valence-corrected chi connectivity index (χ0v) is 80.6. The summed E-state index contributed by atoms with van der Waals surface area (Å²) in [6.07, 6.45) is 31.0. The Kier molecular flexibility index (Phi) is 23.6. The van der Waals surface area contributed by atoms with E-state index in [1.807, 2.05) is 85.7 Å². The standard InChI is InChI=1S/C26H32N3.C23H23N4.C23H26N3.2C22H24N3/c1-18-14-21-10-8-9-11-22(21)17-29(18)25-16-23(26(4,5)6)15-24(19(25)2)28-13-12-27(7)20(28)3;1-16-12-19-8-6-7-9-20(19)15-27(16)23-14-21(24-4)13-22(17(23)2)26-11-10-25(5)18(26)3;1-16-12-22(25-11-10-24(5)19(25)4)18(3)23(13-16)26-15-21-9-7-6-8-20(21)14-17(26)2;1-16-9-7-8-12-24(16)22-17(2)21(25-14-13-23(4)18(25)3)15-19-10-5-6-11-20(19)22;1-16-9-7-8-12-24(16)21-15-19-10-5-6-11-20(19)22(17(21)2)25-14-13-23(4)18(25)3/h8-17,20H,1-7H3;6-15,18H,1-3,5H3;6-15,19H,1-5H3;2*5-15,18H,1-4H3/q5*+1/t20-;18-;19-;2*18-/m11111/s1/i;;;2*4D3. The first-order valence-electron chi connectivity index (χ1n) is 48.8. The van der Waals surface area contributed by atoms with Gasteiger partial charge >= 0.3 is 0 Å². The first-order chi connectivity index (χ1) is 65.7. The van der Waals surface area contributed by atoms with Crippen molar-refractivity contribution in [2.45, 2.75) is 168 Å². The molecule has 0 unspecified atom stereocenters. The molecule has 0 saturated heterocycles. The van der Waals surface area contributed by atoms with Crippen molar-refractivity contribution in [1.29, 1.82) is 0 Å². The Balaban J connectivity index is 0.000000125. The van der Waals surface area contributed by atoms with Crippen molar-refractivity contribution in [1.82, 2.24) is 24.5 Å². The van der Waals surface area contributed by atoms with E-state index in [2.05, 4.69) is 439 Å². The van der Waals surface area contributed by atoms with E-state index in [0.29, 0.717) is 18.0 Å². The Bertz CT molecular complexity index is 7400. The lowest BCUT2D eigenvalue weighted by Gasteiger charge is -2.30. The molecule has 0 fully saturated rings. The van der Waals surface area contributed by atoms with Gasteiger partial charge in [-0.2, -0.15) is 22.8 Å². The molecule has 0 aliphatic carbocycles.